The molecule has 2 heteroatoms. The molecule has 0 aromatic heterocycles. The summed E-state index contributed by atoms with van der Waals surface area (Å²) in [7, 11) is 0. The Morgan fingerprint density at radius 3 is 0.767 bits per heavy atom. The van der Waals surface area contributed by atoms with Gasteiger partial charge in [-0.25, -0.2) is 0 Å². The number of unbranched alkanes of at least 4 members (excludes halogenated alkanes) is 18. The number of rotatable bonds is 22. The standard InChI is InChI=1S/2C14H30O/c2*1-3-4-5-6-7-8-9-10-11-12-13-14(2)15/h2*14-15H,3-13H2,1-2H3. The van der Waals surface area contributed by atoms with Gasteiger partial charge >= 0.3 is 0 Å². The van der Waals surface area contributed by atoms with Gasteiger partial charge in [-0.15, -0.1) is 0 Å². The quantitative estimate of drug-likeness (QED) is 0.169. The van der Waals surface area contributed by atoms with Gasteiger partial charge in [0.05, 0.1) is 12.2 Å². The third kappa shape index (κ3) is 35.4. The van der Waals surface area contributed by atoms with Crippen molar-refractivity contribution in [1.82, 2.24) is 0 Å². The summed E-state index contributed by atoms with van der Waals surface area (Å²) >= 11 is 0. The van der Waals surface area contributed by atoms with Crippen LogP contribution in [0, 0.1) is 0 Å². The predicted octanol–water partition coefficient (Wildman–Crippen LogP) is 9.36. The summed E-state index contributed by atoms with van der Waals surface area (Å²) < 4.78 is 0. The first-order chi connectivity index (χ1) is 14.5. The van der Waals surface area contributed by atoms with Crippen molar-refractivity contribution in [3.63, 3.8) is 0 Å². The van der Waals surface area contributed by atoms with E-state index in [4.69, 9.17) is 10.2 Å². The monoisotopic (exact) mass is 428 g/mol. The first kappa shape index (κ1) is 32.1. The second-order valence-corrected chi connectivity index (χ2v) is 9.64. The molecule has 0 bridgehead atoms. The molecular formula is C28H60O2. The van der Waals surface area contributed by atoms with Gasteiger partial charge in [0.15, 0.2) is 0 Å². The van der Waals surface area contributed by atoms with Crippen molar-refractivity contribution in [3.8, 4) is 0 Å². The molecule has 0 aliphatic carbocycles. The fourth-order valence-corrected chi connectivity index (χ4v) is 3.85. The molecule has 2 atom stereocenters. The fourth-order valence-electron chi connectivity index (χ4n) is 3.85. The third-order valence-electron chi connectivity index (χ3n) is 5.95. The number of aliphatic hydroxyl groups excluding tert-OH is 2. The van der Waals surface area contributed by atoms with Crippen LogP contribution in [0.2, 0.25) is 0 Å². The van der Waals surface area contributed by atoms with Crippen LogP contribution in [0.1, 0.15) is 169 Å². The zero-order valence-corrected chi connectivity index (χ0v) is 21.6. The molecule has 0 spiro atoms. The van der Waals surface area contributed by atoms with Gasteiger partial charge in [0.2, 0.25) is 0 Å². The molecule has 0 amide bonds. The van der Waals surface area contributed by atoms with Crippen LogP contribution in [0.25, 0.3) is 0 Å². The minimum Gasteiger partial charge on any atom is -0.393 e. The fraction of sp³-hybridized carbons (Fsp3) is 1.00. The van der Waals surface area contributed by atoms with Crippen molar-refractivity contribution in [3.05, 3.63) is 0 Å². The van der Waals surface area contributed by atoms with Gasteiger partial charge in [-0.05, 0) is 26.7 Å². The molecule has 0 radical (unpaired) electrons. The van der Waals surface area contributed by atoms with E-state index in [0.29, 0.717) is 0 Å². The smallest absolute Gasteiger partial charge is 0.0512 e. The molecule has 2 N–H and O–H groups in total. The molecule has 184 valence electrons. The van der Waals surface area contributed by atoms with Crippen molar-refractivity contribution >= 4 is 0 Å². The molecule has 0 saturated carbocycles. The summed E-state index contributed by atoms with van der Waals surface area (Å²) in [6.07, 6.45) is 29.2. The average molecular weight is 429 g/mol. The van der Waals surface area contributed by atoms with Crippen molar-refractivity contribution in [1.29, 1.82) is 0 Å². The number of hydrogen-bond donors (Lipinski definition) is 2. The van der Waals surface area contributed by atoms with Crippen LogP contribution in [-0.2, 0) is 0 Å². The molecule has 0 aliphatic rings. The Bertz CT molecular complexity index is 248. The summed E-state index contributed by atoms with van der Waals surface area (Å²) in [5.41, 5.74) is 0. The first-order valence-electron chi connectivity index (χ1n) is 13.9. The average Bonchev–Trinajstić information content (AvgIpc) is 2.71. The third-order valence-corrected chi connectivity index (χ3v) is 5.95. The lowest BCUT2D eigenvalue weighted by atomic mass is 10.1. The molecule has 0 saturated heterocycles. The molecule has 2 nitrogen and oxygen atoms in total. The minimum absolute atomic E-state index is 0.0981. The van der Waals surface area contributed by atoms with Gasteiger partial charge < -0.3 is 10.2 Å². The highest BCUT2D eigenvalue weighted by Crippen LogP contribution is 2.12. The van der Waals surface area contributed by atoms with Crippen molar-refractivity contribution in [2.24, 2.45) is 0 Å². The van der Waals surface area contributed by atoms with Crippen LogP contribution in [0.15, 0.2) is 0 Å². The van der Waals surface area contributed by atoms with Gasteiger partial charge in [0, 0.05) is 0 Å². The van der Waals surface area contributed by atoms with E-state index in [1.54, 1.807) is 0 Å². The van der Waals surface area contributed by atoms with E-state index < -0.39 is 0 Å². The topological polar surface area (TPSA) is 40.5 Å². The Hall–Kier alpha value is -0.0800. The van der Waals surface area contributed by atoms with Gasteiger partial charge in [-0.3, -0.25) is 0 Å². The van der Waals surface area contributed by atoms with Crippen molar-refractivity contribution in [2.75, 3.05) is 0 Å². The van der Waals surface area contributed by atoms with Crippen LogP contribution >= 0.6 is 0 Å². The van der Waals surface area contributed by atoms with Gasteiger partial charge in [-0.2, -0.15) is 0 Å². The van der Waals surface area contributed by atoms with Gasteiger partial charge in [0.1, 0.15) is 0 Å². The zero-order chi connectivity index (χ0) is 22.7. The lowest BCUT2D eigenvalue weighted by Crippen LogP contribution is -1.98. The molecule has 2 unspecified atom stereocenters. The van der Waals surface area contributed by atoms with Crippen LogP contribution < -0.4 is 0 Å². The van der Waals surface area contributed by atoms with E-state index in [1.165, 1.54) is 128 Å². The summed E-state index contributed by atoms with van der Waals surface area (Å²) in [5, 5.41) is 18.2. The largest absolute Gasteiger partial charge is 0.393 e. The second kappa shape index (κ2) is 28.9. The molecular weight excluding hydrogens is 368 g/mol. The molecule has 0 fully saturated rings. The van der Waals surface area contributed by atoms with Crippen LogP contribution in [-0.4, -0.2) is 22.4 Å². The maximum absolute atomic E-state index is 9.08. The summed E-state index contributed by atoms with van der Waals surface area (Å²) in [5.74, 6) is 0. The van der Waals surface area contributed by atoms with Gasteiger partial charge in [-0.1, -0.05) is 142 Å². The Balaban J connectivity index is 0. The van der Waals surface area contributed by atoms with Crippen molar-refractivity contribution < 1.29 is 10.2 Å². The lowest BCUT2D eigenvalue weighted by molar-refractivity contribution is 0.180. The molecule has 0 aromatic rings. The summed E-state index contributed by atoms with van der Waals surface area (Å²) in [4.78, 5) is 0. The van der Waals surface area contributed by atoms with Crippen LogP contribution in [0.3, 0.4) is 0 Å². The highest BCUT2D eigenvalue weighted by molar-refractivity contribution is 4.51. The van der Waals surface area contributed by atoms with E-state index in [0.717, 1.165) is 12.8 Å². The van der Waals surface area contributed by atoms with Crippen LogP contribution in [0.4, 0.5) is 0 Å². The van der Waals surface area contributed by atoms with E-state index >= 15 is 0 Å². The Morgan fingerprint density at radius 1 is 0.367 bits per heavy atom. The zero-order valence-electron chi connectivity index (χ0n) is 21.6. The molecule has 0 heterocycles. The van der Waals surface area contributed by atoms with E-state index in [-0.39, 0.29) is 12.2 Å². The number of hydrogen-bond acceptors (Lipinski definition) is 2. The van der Waals surface area contributed by atoms with E-state index in [9.17, 15) is 0 Å². The Labute approximate surface area is 191 Å². The van der Waals surface area contributed by atoms with E-state index in [2.05, 4.69) is 13.8 Å². The highest BCUT2D eigenvalue weighted by atomic mass is 16.3. The first-order valence-corrected chi connectivity index (χ1v) is 13.9. The highest BCUT2D eigenvalue weighted by Gasteiger charge is 1.97. The minimum atomic E-state index is -0.0981. The maximum atomic E-state index is 9.08. The molecule has 0 rings (SSSR count). The number of aliphatic hydroxyl groups is 2. The Kier molecular flexibility index (Phi) is 30.9. The molecule has 30 heavy (non-hydrogen) atoms. The van der Waals surface area contributed by atoms with E-state index in [1.807, 2.05) is 13.8 Å². The summed E-state index contributed by atoms with van der Waals surface area (Å²) in [6.45, 7) is 8.30. The maximum Gasteiger partial charge on any atom is 0.0512 e. The summed E-state index contributed by atoms with van der Waals surface area (Å²) in [6, 6.07) is 0. The predicted molar refractivity (Wildman–Crippen MR) is 136 cm³/mol. The molecule has 0 aromatic carbocycles. The SMILES string of the molecule is CCCCCCCCCCCCC(C)O.CCCCCCCCCCCCC(C)O. The van der Waals surface area contributed by atoms with Crippen molar-refractivity contribution in [2.45, 2.75) is 181 Å². The van der Waals surface area contributed by atoms with Gasteiger partial charge in [0.25, 0.3) is 0 Å². The Morgan fingerprint density at radius 2 is 0.567 bits per heavy atom. The molecule has 0 aliphatic heterocycles. The normalized spacial score (nSPS) is 13.0. The lowest BCUT2D eigenvalue weighted by Gasteiger charge is -2.04. The van der Waals surface area contributed by atoms with Crippen LogP contribution in [0.5, 0.6) is 0 Å². The second-order valence-electron chi connectivity index (χ2n) is 9.64.